The SMILES string of the molecule is CC(C)(C)S(=O)(=O)CCNCC(O)c1ccccc1. The maximum atomic E-state index is 11.9. The van der Waals surface area contributed by atoms with Crippen LogP contribution >= 0.6 is 0 Å². The number of benzene rings is 1. The first-order valence-corrected chi connectivity index (χ1v) is 8.05. The minimum Gasteiger partial charge on any atom is -0.387 e. The number of nitrogens with one attached hydrogen (secondary N) is 1. The molecule has 0 saturated carbocycles. The number of hydrogen-bond acceptors (Lipinski definition) is 4. The van der Waals surface area contributed by atoms with Gasteiger partial charge in [0.2, 0.25) is 0 Å². The van der Waals surface area contributed by atoms with Gasteiger partial charge >= 0.3 is 0 Å². The van der Waals surface area contributed by atoms with Crippen LogP contribution in [0.4, 0.5) is 0 Å². The van der Waals surface area contributed by atoms with E-state index in [0.29, 0.717) is 13.1 Å². The summed E-state index contributed by atoms with van der Waals surface area (Å²) in [5, 5.41) is 12.9. The Morgan fingerprint density at radius 1 is 1.21 bits per heavy atom. The molecule has 0 fully saturated rings. The second-order valence-electron chi connectivity index (χ2n) is 5.56. The van der Waals surface area contributed by atoms with E-state index < -0.39 is 20.7 Å². The molecule has 0 heterocycles. The molecule has 1 atom stereocenters. The van der Waals surface area contributed by atoms with Gasteiger partial charge < -0.3 is 10.4 Å². The summed E-state index contributed by atoms with van der Waals surface area (Å²) in [6.45, 7) is 5.79. The largest absolute Gasteiger partial charge is 0.387 e. The zero-order chi connectivity index (χ0) is 14.5. The third-order valence-electron chi connectivity index (χ3n) is 3.00. The highest BCUT2D eigenvalue weighted by Crippen LogP contribution is 2.15. The maximum Gasteiger partial charge on any atom is 0.156 e. The van der Waals surface area contributed by atoms with Crippen molar-refractivity contribution < 1.29 is 13.5 Å². The molecule has 5 heteroatoms. The van der Waals surface area contributed by atoms with E-state index in [-0.39, 0.29) is 5.75 Å². The minimum atomic E-state index is -3.10. The van der Waals surface area contributed by atoms with Crippen molar-refractivity contribution in [2.24, 2.45) is 0 Å². The molecule has 108 valence electrons. The molecule has 0 aliphatic rings. The van der Waals surface area contributed by atoms with Crippen molar-refractivity contribution in [3.05, 3.63) is 35.9 Å². The van der Waals surface area contributed by atoms with Gasteiger partial charge in [-0.15, -0.1) is 0 Å². The molecule has 2 N–H and O–H groups in total. The average Bonchev–Trinajstić information content (AvgIpc) is 2.34. The second-order valence-corrected chi connectivity index (χ2v) is 8.42. The summed E-state index contributed by atoms with van der Waals surface area (Å²) in [4.78, 5) is 0. The van der Waals surface area contributed by atoms with E-state index in [1.54, 1.807) is 20.8 Å². The topological polar surface area (TPSA) is 66.4 Å². The number of hydrogen-bond donors (Lipinski definition) is 2. The van der Waals surface area contributed by atoms with Crippen LogP contribution in [-0.2, 0) is 9.84 Å². The summed E-state index contributed by atoms with van der Waals surface area (Å²) < 4.78 is 23.0. The molecule has 1 aromatic carbocycles. The molecule has 0 aliphatic carbocycles. The third-order valence-corrected chi connectivity index (χ3v) is 5.61. The molecule has 0 radical (unpaired) electrons. The Morgan fingerprint density at radius 2 is 1.79 bits per heavy atom. The molecule has 0 saturated heterocycles. The average molecular weight is 285 g/mol. The molecule has 1 unspecified atom stereocenters. The number of aliphatic hydroxyl groups excluding tert-OH is 1. The molecule has 0 spiro atoms. The molecule has 0 amide bonds. The summed E-state index contributed by atoms with van der Waals surface area (Å²) >= 11 is 0. The van der Waals surface area contributed by atoms with Gasteiger partial charge in [-0.1, -0.05) is 30.3 Å². The molecule has 0 aliphatic heterocycles. The van der Waals surface area contributed by atoms with Gasteiger partial charge in [-0.2, -0.15) is 0 Å². The van der Waals surface area contributed by atoms with Crippen LogP contribution in [-0.4, -0.2) is 37.1 Å². The second kappa shape index (κ2) is 6.50. The van der Waals surface area contributed by atoms with Gasteiger partial charge in [0.15, 0.2) is 9.84 Å². The fourth-order valence-corrected chi connectivity index (χ4v) is 2.57. The van der Waals surface area contributed by atoms with E-state index in [1.165, 1.54) is 0 Å². The van der Waals surface area contributed by atoms with E-state index in [2.05, 4.69) is 5.32 Å². The van der Waals surface area contributed by atoms with Crippen molar-refractivity contribution in [3.8, 4) is 0 Å². The molecule has 1 rings (SSSR count). The van der Waals surface area contributed by atoms with Gasteiger partial charge in [-0.05, 0) is 26.3 Å². The van der Waals surface area contributed by atoms with E-state index in [0.717, 1.165) is 5.56 Å². The van der Waals surface area contributed by atoms with Gasteiger partial charge in [0.25, 0.3) is 0 Å². The van der Waals surface area contributed by atoms with Crippen molar-refractivity contribution in [1.29, 1.82) is 0 Å². The van der Waals surface area contributed by atoms with Gasteiger partial charge in [0.1, 0.15) is 0 Å². The van der Waals surface area contributed by atoms with Gasteiger partial charge in [0.05, 0.1) is 16.6 Å². The predicted octanol–water partition coefficient (Wildman–Crippen LogP) is 1.52. The fourth-order valence-electron chi connectivity index (χ4n) is 1.54. The highest BCUT2D eigenvalue weighted by Gasteiger charge is 2.28. The highest BCUT2D eigenvalue weighted by atomic mass is 32.2. The zero-order valence-corrected chi connectivity index (χ0v) is 12.6. The van der Waals surface area contributed by atoms with Crippen molar-refractivity contribution >= 4 is 9.84 Å². The van der Waals surface area contributed by atoms with Gasteiger partial charge in [-0.25, -0.2) is 8.42 Å². The number of sulfone groups is 1. The third kappa shape index (κ3) is 4.93. The first-order chi connectivity index (χ1) is 8.74. The van der Waals surface area contributed by atoms with Crippen LogP contribution < -0.4 is 5.32 Å². The van der Waals surface area contributed by atoms with Crippen molar-refractivity contribution in [1.82, 2.24) is 5.32 Å². The van der Waals surface area contributed by atoms with Crippen LogP contribution in [0.5, 0.6) is 0 Å². The Labute approximate surface area is 115 Å². The number of aliphatic hydroxyl groups is 1. The molecule has 1 aromatic rings. The summed E-state index contributed by atoms with van der Waals surface area (Å²) in [5.41, 5.74) is 0.827. The Balaban J connectivity index is 2.36. The van der Waals surface area contributed by atoms with Crippen LogP contribution in [0.25, 0.3) is 0 Å². The maximum absolute atomic E-state index is 11.9. The summed E-state index contributed by atoms with van der Waals surface area (Å²) in [6, 6.07) is 9.31. The molecular formula is C14H23NO3S. The van der Waals surface area contributed by atoms with Crippen LogP contribution in [0, 0.1) is 0 Å². The smallest absolute Gasteiger partial charge is 0.156 e. The quantitative estimate of drug-likeness (QED) is 0.778. The van der Waals surface area contributed by atoms with Crippen molar-refractivity contribution in [3.63, 3.8) is 0 Å². The van der Waals surface area contributed by atoms with E-state index in [9.17, 15) is 13.5 Å². The zero-order valence-electron chi connectivity index (χ0n) is 11.8. The molecule has 0 bridgehead atoms. The van der Waals surface area contributed by atoms with Crippen LogP contribution in [0.1, 0.15) is 32.4 Å². The Kier molecular flexibility index (Phi) is 5.52. The van der Waals surface area contributed by atoms with Gasteiger partial charge in [0, 0.05) is 13.1 Å². The first kappa shape index (κ1) is 16.1. The number of rotatable bonds is 6. The summed E-state index contributed by atoms with van der Waals surface area (Å²) in [5.74, 6) is 0.0814. The lowest BCUT2D eigenvalue weighted by atomic mass is 10.1. The Morgan fingerprint density at radius 3 is 2.32 bits per heavy atom. The fraction of sp³-hybridized carbons (Fsp3) is 0.571. The normalized spacial score (nSPS) is 14.3. The minimum absolute atomic E-state index is 0.0814. The molecular weight excluding hydrogens is 262 g/mol. The van der Waals surface area contributed by atoms with Crippen LogP contribution in [0.2, 0.25) is 0 Å². The first-order valence-electron chi connectivity index (χ1n) is 6.40. The standard InChI is InChI=1S/C14H23NO3S/c1-14(2,3)19(17,18)10-9-15-11-13(16)12-7-5-4-6-8-12/h4-8,13,15-16H,9-11H2,1-3H3. The molecule has 19 heavy (non-hydrogen) atoms. The van der Waals surface area contributed by atoms with E-state index in [4.69, 9.17) is 0 Å². The van der Waals surface area contributed by atoms with Gasteiger partial charge in [-0.3, -0.25) is 0 Å². The monoisotopic (exact) mass is 285 g/mol. The summed E-state index contributed by atoms with van der Waals surface area (Å²) in [7, 11) is -3.10. The van der Waals surface area contributed by atoms with Crippen molar-refractivity contribution in [2.45, 2.75) is 31.6 Å². The lowest BCUT2D eigenvalue weighted by molar-refractivity contribution is 0.175. The van der Waals surface area contributed by atoms with Crippen LogP contribution in [0.15, 0.2) is 30.3 Å². The predicted molar refractivity (Wildman–Crippen MR) is 77.8 cm³/mol. The van der Waals surface area contributed by atoms with Crippen molar-refractivity contribution in [2.75, 3.05) is 18.8 Å². The lowest BCUT2D eigenvalue weighted by Gasteiger charge is -2.19. The summed E-state index contributed by atoms with van der Waals surface area (Å²) in [6.07, 6.45) is -0.612. The molecule has 4 nitrogen and oxygen atoms in total. The highest BCUT2D eigenvalue weighted by molar-refractivity contribution is 7.92. The Hall–Kier alpha value is -0.910. The lowest BCUT2D eigenvalue weighted by Crippen LogP contribution is -2.35. The van der Waals surface area contributed by atoms with E-state index >= 15 is 0 Å². The van der Waals surface area contributed by atoms with E-state index in [1.807, 2.05) is 30.3 Å². The molecule has 0 aromatic heterocycles. The van der Waals surface area contributed by atoms with Crippen LogP contribution in [0.3, 0.4) is 0 Å². The Bertz CT molecular complexity index is 477.